The summed E-state index contributed by atoms with van der Waals surface area (Å²) < 4.78 is 30.6. The summed E-state index contributed by atoms with van der Waals surface area (Å²) in [6, 6.07) is 16.3. The van der Waals surface area contributed by atoms with Crippen LogP contribution in [-0.4, -0.2) is 48.6 Å². The largest absolute Gasteiger partial charge is 0.411 e. The van der Waals surface area contributed by atoms with Gasteiger partial charge in [0.15, 0.2) is 5.13 Å². The lowest BCUT2D eigenvalue weighted by molar-refractivity contribution is -0.115. The molecule has 2 aromatic heterocycles. The van der Waals surface area contributed by atoms with Gasteiger partial charge >= 0.3 is 0 Å². The summed E-state index contributed by atoms with van der Waals surface area (Å²) >= 11 is 2.53. The molecule has 0 aliphatic heterocycles. The summed E-state index contributed by atoms with van der Waals surface area (Å²) in [5.74, 6) is 0.233. The number of benzene rings is 2. The minimum atomic E-state index is -3.35. The molecule has 0 radical (unpaired) electrons. The van der Waals surface area contributed by atoms with Crippen LogP contribution < -0.4 is 9.62 Å². The van der Waals surface area contributed by atoms with Crippen LogP contribution >= 0.6 is 23.1 Å². The molecule has 33 heavy (non-hydrogen) atoms. The first-order valence-electron chi connectivity index (χ1n) is 9.60. The SMILES string of the molecule is CN(C(=O)CSc1nnc(-c2ccc(NS(C)(=O)=O)cc2)o1)c1nc(-c2ccccc2)cs1. The van der Waals surface area contributed by atoms with Crippen molar-refractivity contribution in [3.05, 3.63) is 60.0 Å². The zero-order valence-corrected chi connectivity index (χ0v) is 20.1. The molecule has 2 heterocycles. The Kier molecular flexibility index (Phi) is 6.77. The van der Waals surface area contributed by atoms with Crippen molar-refractivity contribution >= 4 is 49.8 Å². The van der Waals surface area contributed by atoms with Gasteiger partial charge in [-0.05, 0) is 24.3 Å². The van der Waals surface area contributed by atoms with Gasteiger partial charge in [-0.3, -0.25) is 14.4 Å². The Labute approximate surface area is 198 Å². The lowest BCUT2D eigenvalue weighted by Crippen LogP contribution is -2.27. The number of hydrogen-bond donors (Lipinski definition) is 1. The van der Waals surface area contributed by atoms with Crippen LogP contribution in [0.5, 0.6) is 0 Å². The summed E-state index contributed by atoms with van der Waals surface area (Å²) in [7, 11) is -1.67. The molecule has 2 aromatic carbocycles. The Balaban J connectivity index is 1.35. The zero-order chi connectivity index (χ0) is 23.4. The van der Waals surface area contributed by atoms with Crippen molar-refractivity contribution in [2.45, 2.75) is 5.22 Å². The van der Waals surface area contributed by atoms with Crippen LogP contribution in [0.2, 0.25) is 0 Å². The molecule has 0 aliphatic carbocycles. The first kappa shape index (κ1) is 23.0. The molecule has 170 valence electrons. The smallest absolute Gasteiger partial charge is 0.277 e. The van der Waals surface area contributed by atoms with E-state index < -0.39 is 10.0 Å². The van der Waals surface area contributed by atoms with Crippen molar-refractivity contribution in [2.75, 3.05) is 28.7 Å². The molecule has 0 atom stereocenters. The van der Waals surface area contributed by atoms with E-state index in [1.807, 2.05) is 35.7 Å². The maximum absolute atomic E-state index is 12.6. The second kappa shape index (κ2) is 9.73. The van der Waals surface area contributed by atoms with E-state index in [-0.39, 0.29) is 22.8 Å². The Morgan fingerprint density at radius 3 is 2.52 bits per heavy atom. The van der Waals surface area contributed by atoms with Gasteiger partial charge < -0.3 is 4.42 Å². The topological polar surface area (TPSA) is 118 Å². The third kappa shape index (κ3) is 5.97. The fourth-order valence-electron chi connectivity index (χ4n) is 2.77. The highest BCUT2D eigenvalue weighted by Crippen LogP contribution is 2.28. The van der Waals surface area contributed by atoms with Crippen molar-refractivity contribution < 1.29 is 17.6 Å². The molecule has 12 heteroatoms. The highest BCUT2D eigenvalue weighted by atomic mass is 32.2. The summed E-state index contributed by atoms with van der Waals surface area (Å²) in [6.07, 6.45) is 1.08. The van der Waals surface area contributed by atoms with Crippen LogP contribution in [0.3, 0.4) is 0 Å². The number of nitrogens with zero attached hydrogens (tertiary/aromatic N) is 4. The molecule has 0 aliphatic rings. The third-order valence-corrected chi connectivity index (χ3v) is 6.71. The van der Waals surface area contributed by atoms with Crippen LogP contribution in [0.1, 0.15) is 0 Å². The van der Waals surface area contributed by atoms with Crippen LogP contribution in [-0.2, 0) is 14.8 Å². The van der Waals surface area contributed by atoms with Crippen molar-refractivity contribution in [3.8, 4) is 22.7 Å². The molecule has 1 N–H and O–H groups in total. The van der Waals surface area contributed by atoms with Gasteiger partial charge in [-0.25, -0.2) is 13.4 Å². The maximum atomic E-state index is 12.6. The van der Waals surface area contributed by atoms with Gasteiger partial charge in [-0.15, -0.1) is 21.5 Å². The standard InChI is InChI=1S/C21H19N5O4S3/c1-26(20-22-17(12-31-20)14-6-4-3-5-7-14)18(27)13-32-21-24-23-19(30-21)15-8-10-16(11-9-15)25-33(2,28)29/h3-12,25H,13H2,1-2H3. The molecule has 0 fully saturated rings. The number of aromatic nitrogens is 3. The monoisotopic (exact) mass is 501 g/mol. The molecule has 0 bridgehead atoms. The Bertz CT molecular complexity index is 1350. The first-order chi connectivity index (χ1) is 15.8. The highest BCUT2D eigenvalue weighted by molar-refractivity contribution is 7.99. The van der Waals surface area contributed by atoms with Crippen molar-refractivity contribution in [1.29, 1.82) is 0 Å². The molecule has 1 amide bonds. The average Bonchev–Trinajstić information content (AvgIpc) is 3.47. The van der Waals surface area contributed by atoms with Crippen molar-refractivity contribution in [2.24, 2.45) is 0 Å². The summed E-state index contributed by atoms with van der Waals surface area (Å²) in [5.41, 5.74) is 2.88. The highest BCUT2D eigenvalue weighted by Gasteiger charge is 2.18. The summed E-state index contributed by atoms with van der Waals surface area (Å²) in [6.45, 7) is 0. The predicted molar refractivity (Wildman–Crippen MR) is 130 cm³/mol. The number of sulfonamides is 1. The number of rotatable bonds is 8. The predicted octanol–water partition coefficient (Wildman–Crippen LogP) is 3.99. The number of thioether (sulfide) groups is 1. The van der Waals surface area contributed by atoms with E-state index in [4.69, 9.17) is 4.42 Å². The van der Waals surface area contributed by atoms with Crippen LogP contribution in [0.25, 0.3) is 22.7 Å². The number of anilines is 2. The first-order valence-corrected chi connectivity index (χ1v) is 13.4. The summed E-state index contributed by atoms with van der Waals surface area (Å²) in [5, 5.41) is 10.8. The molecule has 0 saturated heterocycles. The lowest BCUT2D eigenvalue weighted by atomic mass is 10.2. The number of carbonyl (C=O) groups is 1. The molecule has 9 nitrogen and oxygen atoms in total. The molecule has 0 saturated carbocycles. The van der Waals surface area contributed by atoms with Gasteiger partial charge in [0.25, 0.3) is 5.22 Å². The minimum Gasteiger partial charge on any atom is -0.411 e. The molecule has 4 aromatic rings. The summed E-state index contributed by atoms with van der Waals surface area (Å²) in [4.78, 5) is 18.7. The number of carbonyl (C=O) groups excluding carboxylic acids is 1. The third-order valence-electron chi connectivity index (χ3n) is 4.38. The minimum absolute atomic E-state index is 0.107. The molecule has 0 unspecified atom stereocenters. The van der Waals surface area contributed by atoms with Crippen LogP contribution in [0.15, 0.2) is 69.6 Å². The molecule has 0 spiro atoms. The van der Waals surface area contributed by atoms with Crippen LogP contribution in [0, 0.1) is 0 Å². The van der Waals surface area contributed by atoms with E-state index in [1.165, 1.54) is 16.2 Å². The molecule has 4 rings (SSSR count). The quantitative estimate of drug-likeness (QED) is 0.360. The Hall–Kier alpha value is -3.22. The van der Waals surface area contributed by atoms with Gasteiger partial charge in [0.2, 0.25) is 21.8 Å². The van der Waals surface area contributed by atoms with E-state index >= 15 is 0 Å². The van der Waals surface area contributed by atoms with Gasteiger partial charge in [-0.2, -0.15) is 0 Å². The fourth-order valence-corrected chi connectivity index (χ4v) is 4.82. The number of thiazole rings is 1. The van der Waals surface area contributed by atoms with E-state index in [0.717, 1.165) is 29.3 Å². The Morgan fingerprint density at radius 1 is 1.09 bits per heavy atom. The fraction of sp³-hybridized carbons (Fsp3) is 0.143. The van der Waals surface area contributed by atoms with E-state index in [2.05, 4.69) is 19.9 Å². The van der Waals surface area contributed by atoms with E-state index in [1.54, 1.807) is 31.3 Å². The van der Waals surface area contributed by atoms with Gasteiger partial charge in [-0.1, -0.05) is 42.1 Å². The second-order valence-electron chi connectivity index (χ2n) is 6.95. The number of hydrogen-bond acceptors (Lipinski definition) is 9. The van der Waals surface area contributed by atoms with Crippen LogP contribution in [0.4, 0.5) is 10.8 Å². The Morgan fingerprint density at radius 2 is 1.82 bits per heavy atom. The van der Waals surface area contributed by atoms with Gasteiger partial charge in [0, 0.05) is 29.2 Å². The molecular weight excluding hydrogens is 482 g/mol. The van der Waals surface area contributed by atoms with E-state index in [9.17, 15) is 13.2 Å². The number of amides is 1. The van der Waals surface area contributed by atoms with Gasteiger partial charge in [0.1, 0.15) is 0 Å². The number of nitrogens with one attached hydrogen (secondary N) is 1. The van der Waals surface area contributed by atoms with Crippen molar-refractivity contribution in [1.82, 2.24) is 15.2 Å². The molecular formula is C21H19N5O4S3. The van der Waals surface area contributed by atoms with Gasteiger partial charge in [0.05, 0.1) is 17.7 Å². The van der Waals surface area contributed by atoms with E-state index in [0.29, 0.717) is 16.4 Å². The second-order valence-corrected chi connectivity index (χ2v) is 10.5. The van der Waals surface area contributed by atoms with Crippen molar-refractivity contribution in [3.63, 3.8) is 0 Å². The normalized spacial score (nSPS) is 11.3. The maximum Gasteiger partial charge on any atom is 0.277 e. The zero-order valence-electron chi connectivity index (χ0n) is 17.6. The lowest BCUT2D eigenvalue weighted by Gasteiger charge is -2.12. The average molecular weight is 502 g/mol.